The van der Waals surface area contributed by atoms with Crippen LogP contribution in [0, 0.1) is 5.82 Å². The molecule has 0 amide bonds. The number of likely N-dealkylation sites (tertiary alicyclic amines) is 1. The molecule has 21 heavy (non-hydrogen) atoms. The fourth-order valence-electron chi connectivity index (χ4n) is 2.73. The number of rotatable bonds is 3. The first kappa shape index (κ1) is 14.2. The average Bonchev–Trinajstić information content (AvgIpc) is 3.08. The van der Waals surface area contributed by atoms with Gasteiger partial charge in [0.1, 0.15) is 6.33 Å². The van der Waals surface area contributed by atoms with Gasteiger partial charge in [0.15, 0.2) is 11.6 Å². The highest BCUT2D eigenvalue weighted by Gasteiger charge is 2.35. The van der Waals surface area contributed by atoms with Crippen LogP contribution in [0.25, 0.3) is 5.82 Å². The van der Waals surface area contributed by atoms with E-state index in [1.807, 2.05) is 0 Å². The first-order valence-corrected chi connectivity index (χ1v) is 7.07. The van der Waals surface area contributed by atoms with Crippen molar-refractivity contribution in [3.8, 4) is 5.82 Å². The van der Waals surface area contributed by atoms with Crippen LogP contribution < -0.4 is 0 Å². The Bertz CT molecular complexity index is 640. The largest absolute Gasteiger partial charge is 0.392 e. The Morgan fingerprint density at radius 3 is 2.86 bits per heavy atom. The Morgan fingerprint density at radius 2 is 2.19 bits per heavy atom. The van der Waals surface area contributed by atoms with Gasteiger partial charge in [-0.3, -0.25) is 9.47 Å². The molecule has 0 bridgehead atoms. The molecule has 1 aliphatic heterocycles. The summed E-state index contributed by atoms with van der Waals surface area (Å²) in [5.74, 6) is -0.135. The van der Waals surface area contributed by atoms with Crippen molar-refractivity contribution in [3.05, 3.63) is 42.4 Å². The van der Waals surface area contributed by atoms with Crippen LogP contribution in [0.4, 0.5) is 4.39 Å². The van der Waals surface area contributed by atoms with Gasteiger partial charge >= 0.3 is 0 Å². The van der Waals surface area contributed by atoms with E-state index in [-0.39, 0.29) is 23.3 Å². The van der Waals surface area contributed by atoms with Crippen molar-refractivity contribution in [3.63, 3.8) is 0 Å². The molecular weight excluding hydrogens is 271 g/mol. The molecule has 6 heteroatoms. The van der Waals surface area contributed by atoms with Crippen molar-refractivity contribution in [1.82, 2.24) is 19.4 Å². The lowest BCUT2D eigenvalue weighted by atomic mass is 9.99. The molecule has 0 spiro atoms. The maximum atomic E-state index is 13.8. The van der Waals surface area contributed by atoms with Gasteiger partial charge in [0.2, 0.25) is 0 Å². The normalized spacial score (nSPS) is 20.1. The minimum Gasteiger partial charge on any atom is -0.392 e. The maximum absolute atomic E-state index is 13.8. The zero-order chi connectivity index (χ0) is 15.0. The van der Waals surface area contributed by atoms with E-state index < -0.39 is 0 Å². The van der Waals surface area contributed by atoms with Crippen LogP contribution in [0.3, 0.4) is 0 Å². The maximum Gasteiger partial charge on any atom is 0.174 e. The summed E-state index contributed by atoms with van der Waals surface area (Å²) in [5, 5.41) is 9.70. The molecule has 0 saturated carbocycles. The predicted octanol–water partition coefficient (Wildman–Crippen LogP) is 1.71. The third kappa shape index (κ3) is 2.56. The third-order valence-corrected chi connectivity index (χ3v) is 4.15. The second-order valence-corrected chi connectivity index (χ2v) is 5.92. The van der Waals surface area contributed by atoms with Gasteiger partial charge in [0.05, 0.1) is 17.3 Å². The number of imidazole rings is 1. The summed E-state index contributed by atoms with van der Waals surface area (Å²) >= 11 is 0. The van der Waals surface area contributed by atoms with E-state index in [1.165, 1.54) is 6.07 Å². The van der Waals surface area contributed by atoms with Crippen LogP contribution in [0.5, 0.6) is 0 Å². The van der Waals surface area contributed by atoms with Crippen molar-refractivity contribution < 1.29 is 9.50 Å². The van der Waals surface area contributed by atoms with Gasteiger partial charge in [-0.05, 0) is 32.4 Å². The molecule has 1 atom stereocenters. The highest BCUT2D eigenvalue weighted by Crippen LogP contribution is 2.30. The number of β-amino-alcohol motifs (C(OH)–C–C–N with tert-alkyl or cyclic N) is 1. The van der Waals surface area contributed by atoms with Gasteiger partial charge in [0.25, 0.3) is 0 Å². The summed E-state index contributed by atoms with van der Waals surface area (Å²) in [6.07, 6.45) is 5.43. The Balaban J connectivity index is 1.89. The Morgan fingerprint density at radius 1 is 1.38 bits per heavy atom. The Kier molecular flexibility index (Phi) is 3.51. The number of hydrogen-bond acceptors (Lipinski definition) is 4. The highest BCUT2D eigenvalue weighted by molar-refractivity contribution is 5.26. The molecule has 2 aromatic heterocycles. The molecule has 3 rings (SSSR count). The van der Waals surface area contributed by atoms with E-state index in [1.54, 1.807) is 29.4 Å². The number of nitrogens with zero attached hydrogens (tertiary/aromatic N) is 4. The van der Waals surface area contributed by atoms with Gasteiger partial charge < -0.3 is 5.11 Å². The summed E-state index contributed by atoms with van der Waals surface area (Å²) in [6.45, 7) is 5.59. The van der Waals surface area contributed by atoms with E-state index in [9.17, 15) is 9.50 Å². The standard InChI is InChI=1S/C15H19FN4O/c1-15(2,20-7-5-11(21)8-20)13-9-19(10-18-13)14-12(16)4-3-6-17-14/h3-4,6,9-11,21H,5,7-8H2,1-2H3. The number of hydrogen-bond donors (Lipinski definition) is 1. The molecule has 1 unspecified atom stereocenters. The molecule has 1 fully saturated rings. The molecule has 1 aliphatic rings. The molecule has 0 aliphatic carbocycles. The van der Waals surface area contributed by atoms with Gasteiger partial charge in [-0.15, -0.1) is 0 Å². The molecule has 0 radical (unpaired) electrons. The van der Waals surface area contributed by atoms with E-state index in [0.717, 1.165) is 18.7 Å². The summed E-state index contributed by atoms with van der Waals surface area (Å²) in [7, 11) is 0. The van der Waals surface area contributed by atoms with Crippen molar-refractivity contribution >= 4 is 0 Å². The Labute approximate surface area is 123 Å². The van der Waals surface area contributed by atoms with E-state index >= 15 is 0 Å². The molecular formula is C15H19FN4O. The van der Waals surface area contributed by atoms with Crippen LogP contribution in [0.2, 0.25) is 0 Å². The molecule has 2 aromatic rings. The fourth-order valence-corrected chi connectivity index (χ4v) is 2.73. The highest BCUT2D eigenvalue weighted by atomic mass is 19.1. The lowest BCUT2D eigenvalue weighted by Crippen LogP contribution is -2.40. The fraction of sp³-hybridized carbons (Fsp3) is 0.467. The number of aliphatic hydroxyl groups is 1. The smallest absolute Gasteiger partial charge is 0.174 e. The van der Waals surface area contributed by atoms with Crippen LogP contribution in [-0.2, 0) is 5.54 Å². The molecule has 1 saturated heterocycles. The van der Waals surface area contributed by atoms with Crippen molar-refractivity contribution in [2.45, 2.75) is 31.9 Å². The predicted molar refractivity (Wildman–Crippen MR) is 76.5 cm³/mol. The van der Waals surface area contributed by atoms with E-state index in [0.29, 0.717) is 6.54 Å². The topological polar surface area (TPSA) is 54.2 Å². The van der Waals surface area contributed by atoms with E-state index in [4.69, 9.17) is 0 Å². The van der Waals surface area contributed by atoms with Gasteiger partial charge in [-0.25, -0.2) is 14.4 Å². The van der Waals surface area contributed by atoms with Crippen LogP contribution in [0.15, 0.2) is 30.9 Å². The van der Waals surface area contributed by atoms with E-state index in [2.05, 4.69) is 28.7 Å². The first-order valence-electron chi connectivity index (χ1n) is 7.07. The second-order valence-electron chi connectivity index (χ2n) is 5.92. The van der Waals surface area contributed by atoms with Crippen molar-refractivity contribution in [2.24, 2.45) is 0 Å². The summed E-state index contributed by atoms with van der Waals surface area (Å²) in [4.78, 5) is 10.6. The molecule has 112 valence electrons. The zero-order valence-electron chi connectivity index (χ0n) is 12.2. The van der Waals surface area contributed by atoms with Gasteiger partial charge in [0, 0.05) is 25.5 Å². The number of halogens is 1. The SMILES string of the molecule is CC(C)(c1cn(-c2ncccc2F)cn1)N1CCC(O)C1. The van der Waals surface area contributed by atoms with Gasteiger partial charge in [-0.2, -0.15) is 0 Å². The lowest BCUT2D eigenvalue weighted by molar-refractivity contribution is 0.115. The average molecular weight is 290 g/mol. The number of pyridine rings is 1. The zero-order valence-corrected chi connectivity index (χ0v) is 12.2. The van der Waals surface area contributed by atoms with Crippen molar-refractivity contribution in [2.75, 3.05) is 13.1 Å². The molecule has 3 heterocycles. The molecule has 1 N–H and O–H groups in total. The van der Waals surface area contributed by atoms with Crippen LogP contribution >= 0.6 is 0 Å². The third-order valence-electron chi connectivity index (χ3n) is 4.15. The lowest BCUT2D eigenvalue weighted by Gasteiger charge is -2.33. The van der Waals surface area contributed by atoms with Crippen molar-refractivity contribution in [1.29, 1.82) is 0 Å². The van der Waals surface area contributed by atoms with Gasteiger partial charge in [-0.1, -0.05) is 0 Å². The minimum absolute atomic E-state index is 0.244. The number of aromatic nitrogens is 3. The van der Waals surface area contributed by atoms with Crippen LogP contribution in [-0.4, -0.2) is 43.7 Å². The quantitative estimate of drug-likeness (QED) is 0.935. The summed E-state index contributed by atoms with van der Waals surface area (Å²) in [5.41, 5.74) is 0.523. The summed E-state index contributed by atoms with van der Waals surface area (Å²) < 4.78 is 15.4. The minimum atomic E-state index is -0.379. The summed E-state index contributed by atoms with van der Waals surface area (Å²) in [6, 6.07) is 2.94. The number of aliphatic hydroxyl groups excluding tert-OH is 1. The monoisotopic (exact) mass is 290 g/mol. The second kappa shape index (κ2) is 5.20. The van der Waals surface area contributed by atoms with Crippen LogP contribution in [0.1, 0.15) is 26.0 Å². The Hall–Kier alpha value is -1.79. The first-order chi connectivity index (χ1) is 9.98. The molecule has 5 nitrogen and oxygen atoms in total. The molecule has 0 aromatic carbocycles.